The van der Waals surface area contributed by atoms with Crippen molar-refractivity contribution in [3.63, 3.8) is 0 Å². The molecule has 0 amide bonds. The SMILES string of the molecule is COc1ccc(OC)c(S(=O)(=O)NC2(c3ccc(OC)c(OC)c3)CC2)c1. The number of rotatable bonds is 8. The number of ether oxygens (including phenoxy) is 4. The lowest BCUT2D eigenvalue weighted by Gasteiger charge is -2.20. The van der Waals surface area contributed by atoms with E-state index in [4.69, 9.17) is 18.9 Å². The van der Waals surface area contributed by atoms with Crippen molar-refractivity contribution in [2.45, 2.75) is 23.3 Å². The van der Waals surface area contributed by atoms with Gasteiger partial charge in [-0.05, 0) is 42.7 Å². The molecule has 2 aromatic carbocycles. The highest BCUT2D eigenvalue weighted by Gasteiger charge is 2.48. The van der Waals surface area contributed by atoms with Gasteiger partial charge in [0.2, 0.25) is 10.0 Å². The van der Waals surface area contributed by atoms with E-state index in [1.807, 2.05) is 6.07 Å². The Kier molecular flexibility index (Phi) is 5.21. The van der Waals surface area contributed by atoms with E-state index >= 15 is 0 Å². The molecule has 0 bridgehead atoms. The Balaban J connectivity index is 1.97. The first-order valence-electron chi connectivity index (χ1n) is 8.37. The maximum atomic E-state index is 13.1. The molecule has 3 rings (SSSR count). The third-order valence-corrected chi connectivity index (χ3v) is 6.23. The number of hydrogen-bond donors (Lipinski definition) is 1. The fourth-order valence-corrected chi connectivity index (χ4v) is 4.65. The van der Waals surface area contributed by atoms with E-state index in [0.29, 0.717) is 30.1 Å². The lowest BCUT2D eigenvalue weighted by molar-refractivity contribution is 0.354. The molecule has 7 nitrogen and oxygen atoms in total. The Morgan fingerprint density at radius 1 is 0.815 bits per heavy atom. The summed E-state index contributed by atoms with van der Waals surface area (Å²) >= 11 is 0. The van der Waals surface area contributed by atoms with Crippen molar-refractivity contribution in [1.29, 1.82) is 0 Å². The average Bonchev–Trinajstić information content (AvgIpc) is 3.46. The standard InChI is InChI=1S/C19H23NO6S/c1-23-14-6-8-16(25-3)18(12-14)27(21,22)20-19(9-10-19)13-5-7-15(24-2)17(11-13)26-4/h5-8,11-12,20H,9-10H2,1-4H3. The van der Waals surface area contributed by atoms with Gasteiger partial charge in [-0.1, -0.05) is 6.07 Å². The van der Waals surface area contributed by atoms with Crippen molar-refractivity contribution in [3.05, 3.63) is 42.0 Å². The number of nitrogens with one attached hydrogen (secondary N) is 1. The third-order valence-electron chi connectivity index (χ3n) is 4.68. The van der Waals surface area contributed by atoms with Crippen LogP contribution in [0.3, 0.4) is 0 Å². The van der Waals surface area contributed by atoms with E-state index in [1.54, 1.807) is 38.5 Å². The molecule has 0 unspecified atom stereocenters. The lowest BCUT2D eigenvalue weighted by atomic mass is 10.1. The summed E-state index contributed by atoms with van der Waals surface area (Å²) < 4.78 is 50.0. The first-order valence-corrected chi connectivity index (χ1v) is 9.86. The van der Waals surface area contributed by atoms with Gasteiger partial charge in [-0.2, -0.15) is 0 Å². The molecule has 0 aliphatic heterocycles. The van der Waals surface area contributed by atoms with E-state index in [-0.39, 0.29) is 10.6 Å². The molecule has 8 heteroatoms. The van der Waals surface area contributed by atoms with Gasteiger partial charge in [0.15, 0.2) is 11.5 Å². The van der Waals surface area contributed by atoms with Gasteiger partial charge in [0.25, 0.3) is 0 Å². The third kappa shape index (κ3) is 3.68. The highest BCUT2D eigenvalue weighted by Crippen LogP contribution is 2.48. The van der Waals surface area contributed by atoms with Crippen molar-refractivity contribution >= 4 is 10.0 Å². The Labute approximate surface area is 159 Å². The summed E-state index contributed by atoms with van der Waals surface area (Å²) in [5, 5.41) is 0. The van der Waals surface area contributed by atoms with Crippen LogP contribution in [-0.4, -0.2) is 36.9 Å². The normalized spacial score (nSPS) is 15.1. The van der Waals surface area contributed by atoms with Crippen LogP contribution >= 0.6 is 0 Å². The summed E-state index contributed by atoms with van der Waals surface area (Å²) in [5.41, 5.74) is 0.150. The molecule has 1 N–H and O–H groups in total. The Hall–Kier alpha value is -2.45. The first-order chi connectivity index (χ1) is 12.9. The van der Waals surface area contributed by atoms with Crippen molar-refractivity contribution in [2.75, 3.05) is 28.4 Å². The minimum absolute atomic E-state index is 0.0381. The Bertz CT molecular complexity index is 937. The summed E-state index contributed by atoms with van der Waals surface area (Å²) in [6, 6.07) is 10.1. The molecule has 0 radical (unpaired) electrons. The maximum Gasteiger partial charge on any atom is 0.245 e. The second-order valence-electron chi connectivity index (χ2n) is 6.27. The zero-order valence-electron chi connectivity index (χ0n) is 15.7. The molecule has 0 saturated heterocycles. The molecular weight excluding hydrogens is 370 g/mol. The van der Waals surface area contributed by atoms with Gasteiger partial charge in [-0.25, -0.2) is 13.1 Å². The molecule has 0 atom stereocenters. The molecule has 1 aliphatic carbocycles. The monoisotopic (exact) mass is 393 g/mol. The quantitative estimate of drug-likeness (QED) is 0.742. The highest BCUT2D eigenvalue weighted by atomic mass is 32.2. The maximum absolute atomic E-state index is 13.1. The molecule has 27 heavy (non-hydrogen) atoms. The van der Waals surface area contributed by atoms with Crippen molar-refractivity contribution in [2.24, 2.45) is 0 Å². The molecule has 0 aromatic heterocycles. The zero-order valence-corrected chi connectivity index (χ0v) is 16.6. The van der Waals surface area contributed by atoms with Gasteiger partial charge in [0, 0.05) is 6.07 Å². The van der Waals surface area contributed by atoms with Crippen LogP contribution in [0.25, 0.3) is 0 Å². The first kappa shape index (κ1) is 19.3. The second kappa shape index (κ2) is 7.28. The minimum atomic E-state index is -3.84. The van der Waals surface area contributed by atoms with Crippen LogP contribution in [0.5, 0.6) is 23.0 Å². The summed E-state index contributed by atoms with van der Waals surface area (Å²) in [6.45, 7) is 0. The van der Waals surface area contributed by atoms with Gasteiger partial charge < -0.3 is 18.9 Å². The molecule has 1 saturated carbocycles. The molecular formula is C19H23NO6S. The topological polar surface area (TPSA) is 83.1 Å². The van der Waals surface area contributed by atoms with Crippen molar-refractivity contribution < 1.29 is 27.4 Å². The summed E-state index contributed by atoms with van der Waals surface area (Å²) in [4.78, 5) is 0.0381. The van der Waals surface area contributed by atoms with E-state index in [0.717, 1.165) is 5.56 Å². The van der Waals surface area contributed by atoms with Crippen LogP contribution in [-0.2, 0) is 15.6 Å². The van der Waals surface area contributed by atoms with Crippen LogP contribution in [0.1, 0.15) is 18.4 Å². The highest BCUT2D eigenvalue weighted by molar-refractivity contribution is 7.89. The van der Waals surface area contributed by atoms with E-state index in [2.05, 4.69) is 4.72 Å². The summed E-state index contributed by atoms with van der Waals surface area (Å²) in [7, 11) is 2.18. The van der Waals surface area contributed by atoms with E-state index in [9.17, 15) is 8.42 Å². The number of sulfonamides is 1. The predicted molar refractivity (Wildman–Crippen MR) is 100 cm³/mol. The van der Waals surface area contributed by atoms with Gasteiger partial charge in [-0.15, -0.1) is 0 Å². The van der Waals surface area contributed by atoms with Gasteiger partial charge in [0.05, 0.1) is 34.0 Å². The van der Waals surface area contributed by atoms with Crippen molar-refractivity contribution in [1.82, 2.24) is 4.72 Å². The van der Waals surface area contributed by atoms with E-state index < -0.39 is 15.6 Å². The molecule has 1 aliphatic rings. The molecule has 0 heterocycles. The number of hydrogen-bond acceptors (Lipinski definition) is 6. The summed E-state index contributed by atoms with van der Waals surface area (Å²) in [5.74, 6) is 1.84. The van der Waals surface area contributed by atoms with Crippen LogP contribution in [0, 0.1) is 0 Å². The van der Waals surface area contributed by atoms with Crippen LogP contribution in [0.2, 0.25) is 0 Å². The zero-order chi connectivity index (χ0) is 19.7. The fraction of sp³-hybridized carbons (Fsp3) is 0.368. The smallest absolute Gasteiger partial charge is 0.245 e. The predicted octanol–water partition coefficient (Wildman–Crippen LogP) is 2.69. The minimum Gasteiger partial charge on any atom is -0.497 e. The Morgan fingerprint density at radius 2 is 1.44 bits per heavy atom. The van der Waals surface area contributed by atoms with E-state index in [1.165, 1.54) is 20.3 Å². The number of benzene rings is 2. The van der Waals surface area contributed by atoms with Crippen molar-refractivity contribution in [3.8, 4) is 23.0 Å². The van der Waals surface area contributed by atoms with Gasteiger partial charge >= 0.3 is 0 Å². The summed E-state index contributed by atoms with van der Waals surface area (Å²) in [6.07, 6.45) is 1.38. The lowest BCUT2D eigenvalue weighted by Crippen LogP contribution is -2.35. The second-order valence-corrected chi connectivity index (χ2v) is 7.92. The van der Waals surface area contributed by atoms with Crippen LogP contribution < -0.4 is 23.7 Å². The molecule has 0 spiro atoms. The van der Waals surface area contributed by atoms with Crippen LogP contribution in [0.4, 0.5) is 0 Å². The van der Waals surface area contributed by atoms with Gasteiger partial charge in [-0.3, -0.25) is 0 Å². The molecule has 1 fully saturated rings. The number of methoxy groups -OCH3 is 4. The van der Waals surface area contributed by atoms with Gasteiger partial charge in [0.1, 0.15) is 16.4 Å². The molecule has 2 aromatic rings. The van der Waals surface area contributed by atoms with Crippen LogP contribution in [0.15, 0.2) is 41.3 Å². The molecule has 146 valence electrons. The average molecular weight is 393 g/mol. The fourth-order valence-electron chi connectivity index (χ4n) is 3.01. The Morgan fingerprint density at radius 3 is 2.00 bits per heavy atom. The largest absolute Gasteiger partial charge is 0.497 e.